The normalized spacial score (nSPS) is 34.7. The van der Waals surface area contributed by atoms with E-state index in [1.807, 2.05) is 19.2 Å². The number of rotatable bonds is 2. The summed E-state index contributed by atoms with van der Waals surface area (Å²) in [6, 6.07) is 5.53. The topological polar surface area (TPSA) is 49.8 Å². The minimum absolute atomic E-state index is 0.0133. The van der Waals surface area contributed by atoms with E-state index in [0.717, 1.165) is 5.56 Å². The molecular weight excluding hydrogens is 325 g/mol. The third-order valence-corrected chi connectivity index (χ3v) is 5.90. The van der Waals surface area contributed by atoms with Crippen LogP contribution in [0.15, 0.2) is 18.2 Å². The van der Waals surface area contributed by atoms with Crippen molar-refractivity contribution in [2.45, 2.75) is 36.9 Å². The van der Waals surface area contributed by atoms with Crippen molar-refractivity contribution in [2.24, 2.45) is 5.92 Å². The van der Waals surface area contributed by atoms with Gasteiger partial charge in [0.05, 0.1) is 29.2 Å². The Morgan fingerprint density at radius 2 is 2.00 bits per heavy atom. The van der Waals surface area contributed by atoms with Crippen LogP contribution in [0, 0.1) is 5.92 Å². The van der Waals surface area contributed by atoms with Gasteiger partial charge in [0.15, 0.2) is 0 Å². The van der Waals surface area contributed by atoms with Crippen molar-refractivity contribution in [3.63, 3.8) is 0 Å². The Kier molecular flexibility index (Phi) is 4.38. The van der Waals surface area contributed by atoms with E-state index in [-0.39, 0.29) is 29.9 Å². The molecular formula is C16H19Cl2NO3. The van der Waals surface area contributed by atoms with E-state index in [1.165, 1.54) is 7.11 Å². The minimum atomic E-state index is -0.407. The predicted molar refractivity (Wildman–Crippen MR) is 85.3 cm³/mol. The lowest BCUT2D eigenvalue weighted by molar-refractivity contribution is -0.150. The number of benzene rings is 1. The Balaban J connectivity index is 2.00. The molecule has 6 heteroatoms. The van der Waals surface area contributed by atoms with Gasteiger partial charge < -0.3 is 9.84 Å². The van der Waals surface area contributed by atoms with Crippen LogP contribution < -0.4 is 0 Å². The highest BCUT2D eigenvalue weighted by atomic mass is 35.5. The second-order valence-electron chi connectivity index (χ2n) is 6.17. The number of piperidine rings is 1. The fourth-order valence-electron chi connectivity index (χ4n) is 4.03. The molecule has 0 spiro atoms. The molecule has 22 heavy (non-hydrogen) atoms. The van der Waals surface area contributed by atoms with Crippen molar-refractivity contribution in [3.8, 4) is 0 Å². The van der Waals surface area contributed by atoms with Crippen molar-refractivity contribution in [3.05, 3.63) is 33.8 Å². The number of esters is 1. The van der Waals surface area contributed by atoms with Gasteiger partial charge in [-0.05, 0) is 37.6 Å². The molecule has 2 bridgehead atoms. The van der Waals surface area contributed by atoms with Gasteiger partial charge in [0.25, 0.3) is 0 Å². The molecule has 1 N–H and O–H groups in total. The third-order valence-electron chi connectivity index (χ3n) is 5.16. The average molecular weight is 344 g/mol. The van der Waals surface area contributed by atoms with Crippen molar-refractivity contribution in [2.75, 3.05) is 14.2 Å². The van der Waals surface area contributed by atoms with E-state index >= 15 is 0 Å². The van der Waals surface area contributed by atoms with Crippen LogP contribution in [0.2, 0.25) is 10.0 Å². The number of aliphatic hydroxyl groups excluding tert-OH is 1. The van der Waals surface area contributed by atoms with Crippen LogP contribution >= 0.6 is 23.2 Å². The van der Waals surface area contributed by atoms with Gasteiger partial charge in [-0.15, -0.1) is 0 Å². The van der Waals surface area contributed by atoms with Crippen LogP contribution in [0.3, 0.4) is 0 Å². The number of hydrogen-bond donors (Lipinski definition) is 1. The number of likely N-dealkylation sites (N-methyl/N-ethyl adjacent to an activating group) is 1. The van der Waals surface area contributed by atoms with Gasteiger partial charge in [-0.3, -0.25) is 9.69 Å². The van der Waals surface area contributed by atoms with E-state index < -0.39 is 6.10 Å². The highest BCUT2D eigenvalue weighted by Crippen LogP contribution is 2.47. The Morgan fingerprint density at radius 3 is 2.64 bits per heavy atom. The molecule has 2 fully saturated rings. The van der Waals surface area contributed by atoms with Gasteiger partial charge in [-0.25, -0.2) is 0 Å². The van der Waals surface area contributed by atoms with E-state index in [9.17, 15) is 9.90 Å². The van der Waals surface area contributed by atoms with Crippen molar-refractivity contribution < 1.29 is 14.6 Å². The quantitative estimate of drug-likeness (QED) is 0.838. The molecule has 2 saturated heterocycles. The monoisotopic (exact) mass is 343 g/mol. The molecule has 0 saturated carbocycles. The first-order chi connectivity index (χ1) is 10.4. The van der Waals surface area contributed by atoms with E-state index in [2.05, 4.69) is 4.90 Å². The van der Waals surface area contributed by atoms with Crippen LogP contribution in [0.25, 0.3) is 0 Å². The molecule has 4 nitrogen and oxygen atoms in total. The maximum absolute atomic E-state index is 12.4. The van der Waals surface area contributed by atoms with Crippen molar-refractivity contribution >= 4 is 29.2 Å². The molecule has 0 radical (unpaired) electrons. The Bertz CT molecular complexity index is 595. The second-order valence-corrected chi connectivity index (χ2v) is 6.98. The van der Waals surface area contributed by atoms with E-state index in [4.69, 9.17) is 27.9 Å². The van der Waals surface area contributed by atoms with Crippen molar-refractivity contribution in [1.29, 1.82) is 0 Å². The number of hydrogen-bond acceptors (Lipinski definition) is 4. The van der Waals surface area contributed by atoms with Crippen LogP contribution in [0.1, 0.15) is 24.3 Å². The van der Waals surface area contributed by atoms with Crippen molar-refractivity contribution in [1.82, 2.24) is 4.90 Å². The SMILES string of the molecule is COC(=O)C1C(c2ccc(Cl)c(Cl)c2)CC2[C@@H](O)CC1N2C. The zero-order valence-corrected chi connectivity index (χ0v) is 14.0. The first-order valence-corrected chi connectivity index (χ1v) is 8.12. The summed E-state index contributed by atoms with van der Waals surface area (Å²) in [5.41, 5.74) is 0.974. The molecule has 120 valence electrons. The molecule has 2 heterocycles. The first-order valence-electron chi connectivity index (χ1n) is 7.36. The zero-order chi connectivity index (χ0) is 16.0. The standard InChI is InChI=1S/C16H19Cl2NO3/c1-19-12-6-9(8-3-4-10(17)11(18)5-8)15(16(21)22-2)13(19)7-14(12)20/h3-5,9,12-15,20H,6-7H2,1-2H3/t9?,12?,13?,14-,15?/m0/s1. The molecule has 1 aromatic carbocycles. The molecule has 4 unspecified atom stereocenters. The number of aliphatic hydroxyl groups is 1. The number of halogens is 2. The van der Waals surface area contributed by atoms with Crippen LogP contribution in [-0.2, 0) is 9.53 Å². The zero-order valence-electron chi connectivity index (χ0n) is 12.5. The van der Waals surface area contributed by atoms with Gasteiger partial charge >= 0.3 is 5.97 Å². The maximum Gasteiger partial charge on any atom is 0.310 e. The molecule has 2 aliphatic rings. The third kappa shape index (κ3) is 2.52. The lowest BCUT2D eigenvalue weighted by Gasteiger charge is -2.41. The molecule has 2 aliphatic heterocycles. The largest absolute Gasteiger partial charge is 0.469 e. The summed E-state index contributed by atoms with van der Waals surface area (Å²) in [5.74, 6) is -0.563. The summed E-state index contributed by atoms with van der Waals surface area (Å²) in [7, 11) is 3.37. The van der Waals surface area contributed by atoms with Gasteiger partial charge in [0, 0.05) is 18.0 Å². The molecule has 5 atom stereocenters. The average Bonchev–Trinajstić information content (AvgIpc) is 2.68. The lowest BCUT2D eigenvalue weighted by Crippen LogP contribution is -2.49. The predicted octanol–water partition coefficient (Wildman–Crippen LogP) is 2.70. The lowest BCUT2D eigenvalue weighted by atomic mass is 9.76. The number of carbonyl (C=O) groups excluding carboxylic acids is 1. The summed E-state index contributed by atoms with van der Waals surface area (Å²) in [5, 5.41) is 11.2. The van der Waals surface area contributed by atoms with Gasteiger partial charge in [-0.1, -0.05) is 29.3 Å². The minimum Gasteiger partial charge on any atom is -0.469 e. The Morgan fingerprint density at radius 1 is 1.27 bits per heavy atom. The Labute approximate surface area is 140 Å². The molecule has 0 aromatic heterocycles. The number of fused-ring (bicyclic) bond motifs is 2. The summed E-state index contributed by atoms with van der Waals surface area (Å²) < 4.78 is 5.02. The van der Waals surface area contributed by atoms with E-state index in [1.54, 1.807) is 6.07 Å². The van der Waals surface area contributed by atoms with Gasteiger partial charge in [0.2, 0.25) is 0 Å². The maximum atomic E-state index is 12.4. The highest BCUT2D eigenvalue weighted by Gasteiger charge is 2.53. The number of ether oxygens (including phenoxy) is 1. The first kappa shape index (κ1) is 16.1. The molecule has 3 rings (SSSR count). The molecule has 0 amide bonds. The van der Waals surface area contributed by atoms with Gasteiger partial charge in [-0.2, -0.15) is 0 Å². The van der Waals surface area contributed by atoms with Crippen LogP contribution in [0.4, 0.5) is 0 Å². The summed E-state index contributed by atoms with van der Waals surface area (Å²) in [4.78, 5) is 14.5. The number of nitrogens with zero attached hydrogens (tertiary/aromatic N) is 1. The summed E-state index contributed by atoms with van der Waals surface area (Å²) >= 11 is 12.1. The molecule has 1 aromatic rings. The summed E-state index contributed by atoms with van der Waals surface area (Å²) in [6.07, 6.45) is 0.889. The highest BCUT2D eigenvalue weighted by molar-refractivity contribution is 6.42. The Hall–Kier alpha value is -0.810. The summed E-state index contributed by atoms with van der Waals surface area (Å²) in [6.45, 7) is 0. The number of methoxy groups -OCH3 is 1. The van der Waals surface area contributed by atoms with Crippen LogP contribution in [-0.4, -0.2) is 48.3 Å². The smallest absolute Gasteiger partial charge is 0.310 e. The molecule has 0 aliphatic carbocycles. The van der Waals surface area contributed by atoms with Gasteiger partial charge in [0.1, 0.15) is 0 Å². The number of carbonyl (C=O) groups is 1. The fraction of sp³-hybridized carbons (Fsp3) is 0.562. The second kappa shape index (κ2) is 6.00. The van der Waals surface area contributed by atoms with Crippen LogP contribution in [0.5, 0.6) is 0 Å². The fourth-order valence-corrected chi connectivity index (χ4v) is 4.34. The van der Waals surface area contributed by atoms with E-state index in [0.29, 0.717) is 22.9 Å².